The minimum Gasteiger partial charge on any atom is -0.469 e. The van der Waals surface area contributed by atoms with Gasteiger partial charge in [-0.1, -0.05) is 0 Å². The van der Waals surface area contributed by atoms with E-state index in [2.05, 4.69) is 9.72 Å². The van der Waals surface area contributed by atoms with Crippen molar-refractivity contribution in [2.45, 2.75) is 26.3 Å². The second kappa shape index (κ2) is 6.22. The van der Waals surface area contributed by atoms with Crippen molar-refractivity contribution in [2.24, 2.45) is 0 Å². The highest BCUT2D eigenvalue weighted by Crippen LogP contribution is 2.21. The van der Waals surface area contributed by atoms with Gasteiger partial charge in [0.15, 0.2) is 0 Å². The fourth-order valence-electron chi connectivity index (χ4n) is 2.13. The van der Waals surface area contributed by atoms with Crippen LogP contribution in [0.15, 0.2) is 12.1 Å². The molecule has 2 aromatic rings. The number of aryl methyl sites for hydroxylation is 3. The number of carbonyl (C=O) groups excluding carboxylic acids is 1. The van der Waals surface area contributed by atoms with Crippen LogP contribution in [0, 0.1) is 12.7 Å². The number of esters is 1. The summed E-state index contributed by atoms with van der Waals surface area (Å²) >= 11 is 5.77. The molecule has 1 aromatic heterocycles. The van der Waals surface area contributed by atoms with E-state index in [1.54, 1.807) is 13.0 Å². The zero-order valence-corrected chi connectivity index (χ0v) is 12.2. The predicted octanol–water partition coefficient (Wildman–Crippen LogP) is 2.83. The molecule has 2 rings (SSSR count). The molecule has 0 saturated heterocycles. The number of hydrogen-bond acceptors (Lipinski definition) is 3. The number of methoxy groups -OCH3 is 1. The lowest BCUT2D eigenvalue weighted by Crippen LogP contribution is -2.10. The molecule has 0 aliphatic rings. The molecule has 0 aliphatic carbocycles. The number of rotatable bonds is 5. The molecule has 0 fully saturated rings. The molecule has 0 amide bonds. The first kappa shape index (κ1) is 14.8. The number of alkyl halides is 1. The standard InChI is InChI=1S/C14H16ClFN2O2/c1-9-7-12-11(8-10(9)16)17-13(3-5-15)18(12)6-4-14(19)20-2/h7-8H,3-6H2,1-2H3. The molecule has 1 heterocycles. The molecular weight excluding hydrogens is 283 g/mol. The Labute approximate surface area is 121 Å². The van der Waals surface area contributed by atoms with Crippen LogP contribution >= 0.6 is 11.6 Å². The summed E-state index contributed by atoms with van der Waals surface area (Å²) < 4.78 is 20.1. The van der Waals surface area contributed by atoms with Crippen LogP contribution < -0.4 is 0 Å². The Kier molecular flexibility index (Phi) is 4.60. The predicted molar refractivity (Wildman–Crippen MR) is 75.5 cm³/mol. The van der Waals surface area contributed by atoms with Gasteiger partial charge in [-0.3, -0.25) is 4.79 Å². The van der Waals surface area contributed by atoms with Crippen LogP contribution in [-0.2, 0) is 22.5 Å². The first-order valence-electron chi connectivity index (χ1n) is 6.35. The largest absolute Gasteiger partial charge is 0.469 e. The molecule has 108 valence electrons. The molecule has 0 radical (unpaired) electrons. The van der Waals surface area contributed by atoms with Crippen molar-refractivity contribution in [3.8, 4) is 0 Å². The third-order valence-electron chi connectivity index (χ3n) is 3.19. The van der Waals surface area contributed by atoms with Crippen molar-refractivity contribution in [3.05, 3.63) is 29.3 Å². The zero-order chi connectivity index (χ0) is 14.7. The SMILES string of the molecule is COC(=O)CCn1c(CCCl)nc2cc(F)c(C)cc21. The number of imidazole rings is 1. The van der Waals surface area contributed by atoms with Gasteiger partial charge in [-0.25, -0.2) is 9.37 Å². The van der Waals surface area contributed by atoms with Crippen LogP contribution in [0.4, 0.5) is 4.39 Å². The number of halogens is 2. The van der Waals surface area contributed by atoms with E-state index in [0.29, 0.717) is 29.9 Å². The smallest absolute Gasteiger partial charge is 0.307 e. The summed E-state index contributed by atoms with van der Waals surface area (Å²) in [5.74, 6) is 0.599. The summed E-state index contributed by atoms with van der Waals surface area (Å²) in [6.45, 7) is 2.15. The van der Waals surface area contributed by atoms with E-state index in [0.717, 1.165) is 11.3 Å². The van der Waals surface area contributed by atoms with Gasteiger partial charge in [0.2, 0.25) is 0 Å². The molecule has 1 aromatic carbocycles. The summed E-state index contributed by atoms with van der Waals surface area (Å²) in [5.41, 5.74) is 1.94. The van der Waals surface area contributed by atoms with Crippen molar-refractivity contribution in [2.75, 3.05) is 13.0 Å². The number of ether oxygens (including phenoxy) is 1. The Bertz CT molecular complexity index is 640. The van der Waals surface area contributed by atoms with Crippen LogP contribution in [0.5, 0.6) is 0 Å². The Hall–Kier alpha value is -1.62. The third kappa shape index (κ3) is 2.93. The molecule has 0 N–H and O–H groups in total. The number of nitrogens with zero attached hydrogens (tertiary/aromatic N) is 2. The van der Waals surface area contributed by atoms with Crippen LogP contribution in [0.25, 0.3) is 11.0 Å². The Morgan fingerprint density at radius 1 is 1.50 bits per heavy atom. The quantitative estimate of drug-likeness (QED) is 0.630. The molecule has 0 aliphatic heterocycles. The normalized spacial score (nSPS) is 11.0. The first-order valence-corrected chi connectivity index (χ1v) is 6.88. The van der Waals surface area contributed by atoms with E-state index in [1.807, 2.05) is 4.57 Å². The zero-order valence-electron chi connectivity index (χ0n) is 11.4. The molecule has 20 heavy (non-hydrogen) atoms. The molecule has 0 unspecified atom stereocenters. The molecular formula is C14H16ClFN2O2. The van der Waals surface area contributed by atoms with Gasteiger partial charge >= 0.3 is 5.97 Å². The van der Waals surface area contributed by atoms with Gasteiger partial charge in [0, 0.05) is 24.9 Å². The first-order chi connectivity index (χ1) is 9.56. The van der Waals surface area contributed by atoms with Gasteiger partial charge in [0.1, 0.15) is 11.6 Å². The molecule has 0 spiro atoms. The van der Waals surface area contributed by atoms with Gasteiger partial charge < -0.3 is 9.30 Å². The van der Waals surface area contributed by atoms with Gasteiger partial charge in [0.25, 0.3) is 0 Å². The van der Waals surface area contributed by atoms with Crippen molar-refractivity contribution < 1.29 is 13.9 Å². The minimum atomic E-state index is -0.289. The fraction of sp³-hybridized carbons (Fsp3) is 0.429. The van der Waals surface area contributed by atoms with Crippen LogP contribution in [0.1, 0.15) is 17.8 Å². The van der Waals surface area contributed by atoms with E-state index in [-0.39, 0.29) is 18.2 Å². The van der Waals surface area contributed by atoms with E-state index in [4.69, 9.17) is 11.6 Å². The Morgan fingerprint density at radius 3 is 2.90 bits per heavy atom. The second-order valence-corrected chi connectivity index (χ2v) is 4.91. The Morgan fingerprint density at radius 2 is 2.25 bits per heavy atom. The van der Waals surface area contributed by atoms with Gasteiger partial charge in [-0.15, -0.1) is 11.6 Å². The lowest BCUT2D eigenvalue weighted by atomic mass is 10.2. The summed E-state index contributed by atoms with van der Waals surface area (Å²) in [7, 11) is 1.35. The lowest BCUT2D eigenvalue weighted by Gasteiger charge is -2.08. The van der Waals surface area contributed by atoms with E-state index in [9.17, 15) is 9.18 Å². The van der Waals surface area contributed by atoms with Crippen molar-refractivity contribution >= 4 is 28.6 Å². The topological polar surface area (TPSA) is 44.1 Å². The number of carbonyl (C=O) groups is 1. The summed E-state index contributed by atoms with van der Waals surface area (Å²) in [5, 5.41) is 0. The molecule has 0 bridgehead atoms. The van der Waals surface area contributed by atoms with E-state index >= 15 is 0 Å². The maximum absolute atomic E-state index is 13.6. The highest BCUT2D eigenvalue weighted by atomic mass is 35.5. The monoisotopic (exact) mass is 298 g/mol. The maximum atomic E-state index is 13.6. The van der Waals surface area contributed by atoms with Gasteiger partial charge in [-0.2, -0.15) is 0 Å². The molecule has 4 nitrogen and oxygen atoms in total. The lowest BCUT2D eigenvalue weighted by molar-refractivity contribution is -0.140. The number of fused-ring (bicyclic) bond motifs is 1. The fourth-order valence-corrected chi connectivity index (χ4v) is 2.30. The molecule has 6 heteroatoms. The highest BCUT2D eigenvalue weighted by Gasteiger charge is 2.14. The number of benzene rings is 1. The van der Waals surface area contributed by atoms with E-state index in [1.165, 1.54) is 13.2 Å². The van der Waals surface area contributed by atoms with Gasteiger partial charge in [0.05, 0.1) is 24.6 Å². The maximum Gasteiger partial charge on any atom is 0.307 e. The van der Waals surface area contributed by atoms with Crippen molar-refractivity contribution in [1.82, 2.24) is 9.55 Å². The summed E-state index contributed by atoms with van der Waals surface area (Å²) in [6, 6.07) is 3.16. The number of hydrogen-bond donors (Lipinski definition) is 0. The third-order valence-corrected chi connectivity index (χ3v) is 3.38. The summed E-state index contributed by atoms with van der Waals surface area (Å²) in [6.07, 6.45) is 0.811. The average molecular weight is 299 g/mol. The summed E-state index contributed by atoms with van der Waals surface area (Å²) in [4.78, 5) is 15.7. The van der Waals surface area contributed by atoms with E-state index < -0.39 is 0 Å². The number of aromatic nitrogens is 2. The van der Waals surface area contributed by atoms with Crippen molar-refractivity contribution in [1.29, 1.82) is 0 Å². The molecule has 0 saturated carbocycles. The van der Waals surface area contributed by atoms with Crippen LogP contribution in [0.2, 0.25) is 0 Å². The van der Waals surface area contributed by atoms with Crippen LogP contribution in [0.3, 0.4) is 0 Å². The highest BCUT2D eigenvalue weighted by molar-refractivity contribution is 6.17. The van der Waals surface area contributed by atoms with Crippen molar-refractivity contribution in [3.63, 3.8) is 0 Å². The Balaban J connectivity index is 2.44. The van der Waals surface area contributed by atoms with Crippen LogP contribution in [-0.4, -0.2) is 28.5 Å². The second-order valence-electron chi connectivity index (χ2n) is 4.53. The minimum absolute atomic E-state index is 0.244. The molecule has 0 atom stereocenters. The van der Waals surface area contributed by atoms with Gasteiger partial charge in [-0.05, 0) is 18.6 Å². The average Bonchev–Trinajstić information content (AvgIpc) is 2.74.